The van der Waals surface area contributed by atoms with Crippen molar-refractivity contribution < 1.29 is 23.9 Å². The minimum Gasteiger partial charge on any atom is -0.454 e. The van der Waals surface area contributed by atoms with Crippen molar-refractivity contribution in [3.63, 3.8) is 0 Å². The van der Waals surface area contributed by atoms with Gasteiger partial charge in [-0.1, -0.05) is 23.8 Å². The molecule has 0 bridgehead atoms. The molecule has 0 saturated heterocycles. The topological polar surface area (TPSA) is 114 Å². The minimum atomic E-state index is -0.733. The van der Waals surface area contributed by atoms with E-state index < -0.39 is 24.4 Å². The molecule has 8 heteroatoms. The highest BCUT2D eigenvalue weighted by atomic mass is 16.5. The van der Waals surface area contributed by atoms with E-state index in [-0.39, 0.29) is 18.5 Å². The van der Waals surface area contributed by atoms with Crippen molar-refractivity contribution in [3.8, 4) is 0 Å². The summed E-state index contributed by atoms with van der Waals surface area (Å²) in [5.41, 5.74) is 2.31. The quantitative estimate of drug-likeness (QED) is 0.576. The predicted octanol–water partition coefficient (Wildman–Crippen LogP) is 1.80. The van der Waals surface area contributed by atoms with Gasteiger partial charge in [0.05, 0.1) is 0 Å². The van der Waals surface area contributed by atoms with E-state index in [1.807, 2.05) is 6.92 Å². The lowest BCUT2D eigenvalue weighted by atomic mass is 10.1. The van der Waals surface area contributed by atoms with Crippen LogP contribution in [0.5, 0.6) is 0 Å². The van der Waals surface area contributed by atoms with E-state index in [1.165, 1.54) is 0 Å². The van der Waals surface area contributed by atoms with Gasteiger partial charge >= 0.3 is 5.97 Å². The molecule has 0 atom stereocenters. The van der Waals surface area contributed by atoms with E-state index in [4.69, 9.17) is 4.74 Å². The molecule has 3 rings (SSSR count). The molecule has 0 aliphatic heterocycles. The molecular formula is C22H23N3O5. The van der Waals surface area contributed by atoms with Crippen LogP contribution in [0, 0.1) is 6.92 Å². The smallest absolute Gasteiger partial charge is 0.325 e. The highest BCUT2D eigenvalue weighted by Gasteiger charge is 2.23. The molecule has 3 amide bonds. The van der Waals surface area contributed by atoms with Gasteiger partial charge < -0.3 is 20.7 Å². The number of carbonyl (C=O) groups excluding carboxylic acids is 4. The Morgan fingerprint density at radius 2 is 1.70 bits per heavy atom. The third-order valence-electron chi connectivity index (χ3n) is 4.39. The van der Waals surface area contributed by atoms with E-state index in [0.29, 0.717) is 16.8 Å². The Morgan fingerprint density at radius 1 is 0.967 bits per heavy atom. The van der Waals surface area contributed by atoms with Crippen molar-refractivity contribution in [1.29, 1.82) is 0 Å². The van der Waals surface area contributed by atoms with Crippen molar-refractivity contribution >= 4 is 29.4 Å². The molecule has 30 heavy (non-hydrogen) atoms. The summed E-state index contributed by atoms with van der Waals surface area (Å²) in [5.74, 6) is -1.88. The fourth-order valence-corrected chi connectivity index (χ4v) is 2.59. The van der Waals surface area contributed by atoms with Crippen LogP contribution >= 0.6 is 0 Å². The van der Waals surface area contributed by atoms with Gasteiger partial charge in [0.25, 0.3) is 17.7 Å². The first-order chi connectivity index (χ1) is 14.4. The Bertz CT molecular complexity index is 952. The van der Waals surface area contributed by atoms with Gasteiger partial charge in [-0.2, -0.15) is 0 Å². The second kappa shape index (κ2) is 9.69. The number of benzene rings is 2. The Kier molecular flexibility index (Phi) is 6.79. The fraction of sp³-hybridized carbons (Fsp3) is 0.273. The van der Waals surface area contributed by atoms with Gasteiger partial charge in [-0.25, -0.2) is 0 Å². The van der Waals surface area contributed by atoms with E-state index in [2.05, 4.69) is 16.0 Å². The lowest BCUT2D eigenvalue weighted by Gasteiger charge is -2.09. The molecule has 0 unspecified atom stereocenters. The van der Waals surface area contributed by atoms with Crippen LogP contribution in [0.2, 0.25) is 0 Å². The maximum atomic E-state index is 12.1. The molecule has 0 spiro atoms. The van der Waals surface area contributed by atoms with Crippen LogP contribution in [0.1, 0.15) is 39.1 Å². The summed E-state index contributed by atoms with van der Waals surface area (Å²) < 4.78 is 4.88. The number of hydrogen-bond donors (Lipinski definition) is 3. The summed E-state index contributed by atoms with van der Waals surface area (Å²) in [6.45, 7) is 1.05. The number of amides is 3. The molecule has 2 aromatic rings. The summed E-state index contributed by atoms with van der Waals surface area (Å²) in [6.07, 6.45) is 1.97. The van der Waals surface area contributed by atoms with Crippen molar-refractivity contribution in [1.82, 2.24) is 10.6 Å². The average molecular weight is 409 g/mol. The number of rotatable bonds is 8. The third kappa shape index (κ3) is 6.44. The summed E-state index contributed by atoms with van der Waals surface area (Å²) in [7, 11) is 0. The van der Waals surface area contributed by atoms with Crippen LogP contribution in [0.15, 0.2) is 48.5 Å². The van der Waals surface area contributed by atoms with Gasteiger partial charge in [-0.15, -0.1) is 0 Å². The third-order valence-corrected chi connectivity index (χ3v) is 4.39. The first-order valence-corrected chi connectivity index (χ1v) is 9.62. The molecule has 3 N–H and O–H groups in total. The number of nitrogens with one attached hydrogen (secondary N) is 3. The average Bonchev–Trinajstić information content (AvgIpc) is 3.55. The molecule has 8 nitrogen and oxygen atoms in total. The lowest BCUT2D eigenvalue weighted by Crippen LogP contribution is -2.32. The van der Waals surface area contributed by atoms with E-state index in [9.17, 15) is 19.2 Å². The zero-order valence-corrected chi connectivity index (χ0v) is 16.6. The summed E-state index contributed by atoms with van der Waals surface area (Å²) in [4.78, 5) is 47.8. The molecule has 0 radical (unpaired) electrons. The minimum absolute atomic E-state index is 0.190. The van der Waals surface area contributed by atoms with E-state index in [0.717, 1.165) is 18.4 Å². The monoisotopic (exact) mass is 409 g/mol. The number of esters is 1. The second-order valence-electron chi connectivity index (χ2n) is 7.09. The van der Waals surface area contributed by atoms with Gasteiger partial charge in [0.1, 0.15) is 6.54 Å². The van der Waals surface area contributed by atoms with Crippen molar-refractivity contribution in [2.75, 3.05) is 18.5 Å². The molecule has 1 fully saturated rings. The first-order valence-electron chi connectivity index (χ1n) is 9.62. The predicted molar refractivity (Wildman–Crippen MR) is 110 cm³/mol. The molecule has 156 valence electrons. The Morgan fingerprint density at radius 3 is 2.40 bits per heavy atom. The Balaban J connectivity index is 1.40. The van der Waals surface area contributed by atoms with Gasteiger partial charge in [-0.3, -0.25) is 19.2 Å². The molecule has 2 aromatic carbocycles. The molecular weight excluding hydrogens is 386 g/mol. The summed E-state index contributed by atoms with van der Waals surface area (Å²) in [5, 5.41) is 7.89. The molecule has 0 aromatic heterocycles. The van der Waals surface area contributed by atoms with Crippen LogP contribution in [-0.2, 0) is 14.3 Å². The lowest BCUT2D eigenvalue weighted by molar-refractivity contribution is -0.146. The summed E-state index contributed by atoms with van der Waals surface area (Å²) >= 11 is 0. The van der Waals surface area contributed by atoms with Crippen molar-refractivity contribution in [3.05, 3.63) is 65.2 Å². The fourth-order valence-electron chi connectivity index (χ4n) is 2.59. The largest absolute Gasteiger partial charge is 0.454 e. The number of ether oxygens (including phenoxy) is 1. The van der Waals surface area contributed by atoms with Crippen LogP contribution < -0.4 is 16.0 Å². The number of carbonyl (C=O) groups is 4. The maximum Gasteiger partial charge on any atom is 0.325 e. The van der Waals surface area contributed by atoms with Crippen molar-refractivity contribution in [2.24, 2.45) is 0 Å². The van der Waals surface area contributed by atoms with E-state index >= 15 is 0 Å². The number of anilines is 1. The van der Waals surface area contributed by atoms with Crippen molar-refractivity contribution in [2.45, 2.75) is 25.8 Å². The molecule has 1 aliphatic rings. The Hall–Kier alpha value is -3.68. The Labute approximate surface area is 174 Å². The van der Waals surface area contributed by atoms with Crippen LogP contribution in [-0.4, -0.2) is 42.9 Å². The molecule has 0 heterocycles. The standard InChI is InChI=1S/C22H23N3O5/c1-14-5-7-15(8-6-14)21(28)23-12-20(27)30-13-19(26)24-18-4-2-3-16(11-18)22(29)25-17-9-10-17/h2-8,11,17H,9-10,12-13H2,1H3,(H,23,28)(H,24,26)(H,25,29). The van der Waals surface area contributed by atoms with Crippen LogP contribution in [0.3, 0.4) is 0 Å². The zero-order chi connectivity index (χ0) is 21.5. The van der Waals surface area contributed by atoms with Gasteiger partial charge in [0.2, 0.25) is 0 Å². The zero-order valence-electron chi connectivity index (χ0n) is 16.6. The maximum absolute atomic E-state index is 12.1. The van der Waals surface area contributed by atoms with Gasteiger partial charge in [0.15, 0.2) is 6.61 Å². The van der Waals surface area contributed by atoms with Gasteiger partial charge in [0, 0.05) is 22.9 Å². The molecule has 1 saturated carbocycles. The SMILES string of the molecule is Cc1ccc(C(=O)NCC(=O)OCC(=O)Nc2cccc(C(=O)NC3CC3)c2)cc1. The highest BCUT2D eigenvalue weighted by molar-refractivity contribution is 5.98. The normalized spacial score (nSPS) is 12.6. The van der Waals surface area contributed by atoms with Crippen LogP contribution in [0.25, 0.3) is 0 Å². The summed E-state index contributed by atoms with van der Waals surface area (Å²) in [6, 6.07) is 13.6. The number of aryl methyl sites for hydroxylation is 1. The number of hydrogen-bond acceptors (Lipinski definition) is 5. The second-order valence-corrected chi connectivity index (χ2v) is 7.09. The molecule has 1 aliphatic carbocycles. The van der Waals surface area contributed by atoms with E-state index in [1.54, 1.807) is 48.5 Å². The van der Waals surface area contributed by atoms with Crippen LogP contribution in [0.4, 0.5) is 5.69 Å². The highest BCUT2D eigenvalue weighted by Crippen LogP contribution is 2.20. The first kappa shape index (κ1) is 21.0. The van der Waals surface area contributed by atoms with Gasteiger partial charge in [-0.05, 0) is 50.1 Å².